The van der Waals surface area contributed by atoms with Gasteiger partial charge in [0.1, 0.15) is 11.5 Å². The van der Waals surface area contributed by atoms with Gasteiger partial charge in [-0.05, 0) is 83.4 Å². The third-order valence-corrected chi connectivity index (χ3v) is 6.49. The van der Waals surface area contributed by atoms with E-state index < -0.39 is 6.09 Å². The van der Waals surface area contributed by atoms with Crippen molar-refractivity contribution in [1.29, 1.82) is 0 Å². The highest BCUT2D eigenvalue weighted by Crippen LogP contribution is 2.47. The molecule has 2 N–H and O–H groups in total. The maximum atomic E-state index is 12.7. The Morgan fingerprint density at radius 3 is 2.61 bits per heavy atom. The van der Waals surface area contributed by atoms with Crippen molar-refractivity contribution >= 4 is 6.09 Å². The van der Waals surface area contributed by atoms with Crippen LogP contribution in [0.1, 0.15) is 97.1 Å². The monoisotopic (exact) mass is 427 g/mol. The Morgan fingerprint density at radius 2 is 2.00 bits per heavy atom. The van der Waals surface area contributed by atoms with Crippen LogP contribution in [0.2, 0.25) is 0 Å². The number of ether oxygens (including phenoxy) is 1. The van der Waals surface area contributed by atoms with Crippen LogP contribution in [-0.4, -0.2) is 16.7 Å². The van der Waals surface area contributed by atoms with E-state index in [1.807, 2.05) is 39.8 Å². The first-order chi connectivity index (χ1) is 14.6. The number of hydrogen-bond acceptors (Lipinski definition) is 3. The van der Waals surface area contributed by atoms with Crippen molar-refractivity contribution < 1.29 is 14.6 Å². The Balaban J connectivity index is 2.48. The zero-order chi connectivity index (χ0) is 23.2. The van der Waals surface area contributed by atoms with Crippen LogP contribution in [0.25, 0.3) is 0 Å². The SMILES string of the molecule is C=C(C)[C@@H]1CCC(C)=C[C@H]1c1c(O)cc(CCCCC)cc1OC(=O)NC(C)(C)CC. The summed E-state index contributed by atoms with van der Waals surface area (Å²) in [5, 5.41) is 14.0. The fraction of sp³-hybridized carbons (Fsp3) is 0.593. The Morgan fingerprint density at radius 1 is 1.29 bits per heavy atom. The lowest BCUT2D eigenvalue weighted by molar-refractivity contribution is 0.186. The van der Waals surface area contributed by atoms with Crippen molar-refractivity contribution in [2.24, 2.45) is 5.92 Å². The van der Waals surface area contributed by atoms with Crippen molar-refractivity contribution in [3.05, 3.63) is 47.1 Å². The maximum Gasteiger partial charge on any atom is 0.413 e. The molecule has 0 spiro atoms. The molecule has 1 amide bonds. The van der Waals surface area contributed by atoms with Gasteiger partial charge in [-0.1, -0.05) is 50.5 Å². The number of unbranched alkanes of at least 4 members (excludes halogenated alkanes) is 2. The fourth-order valence-corrected chi connectivity index (χ4v) is 4.21. The number of hydrogen-bond donors (Lipinski definition) is 2. The highest BCUT2D eigenvalue weighted by molar-refractivity contribution is 5.72. The van der Waals surface area contributed by atoms with Gasteiger partial charge in [0.25, 0.3) is 0 Å². The first-order valence-corrected chi connectivity index (χ1v) is 11.8. The molecule has 1 aromatic carbocycles. The van der Waals surface area contributed by atoms with Gasteiger partial charge in [0.05, 0.1) is 0 Å². The summed E-state index contributed by atoms with van der Waals surface area (Å²) in [6.45, 7) is 16.5. The molecule has 0 radical (unpaired) electrons. The van der Waals surface area contributed by atoms with Crippen LogP contribution in [0, 0.1) is 5.92 Å². The van der Waals surface area contributed by atoms with E-state index in [4.69, 9.17) is 4.74 Å². The lowest BCUT2D eigenvalue weighted by atomic mass is 9.73. The molecule has 31 heavy (non-hydrogen) atoms. The average molecular weight is 428 g/mol. The van der Waals surface area contributed by atoms with Crippen LogP contribution in [0.4, 0.5) is 4.79 Å². The number of benzene rings is 1. The van der Waals surface area contributed by atoms with Gasteiger partial charge in [0.2, 0.25) is 0 Å². The van der Waals surface area contributed by atoms with Crippen LogP contribution >= 0.6 is 0 Å². The molecule has 0 fully saturated rings. The number of aromatic hydroxyl groups is 1. The molecule has 172 valence electrons. The summed E-state index contributed by atoms with van der Waals surface area (Å²) in [7, 11) is 0. The van der Waals surface area contributed by atoms with E-state index in [-0.39, 0.29) is 23.1 Å². The Hall–Kier alpha value is -2.23. The van der Waals surface area contributed by atoms with Crippen molar-refractivity contribution in [3.8, 4) is 11.5 Å². The molecule has 1 aliphatic rings. The maximum absolute atomic E-state index is 12.7. The van der Waals surface area contributed by atoms with E-state index in [0.717, 1.165) is 56.1 Å². The summed E-state index contributed by atoms with van der Waals surface area (Å²) < 4.78 is 5.86. The first kappa shape index (κ1) is 25.0. The summed E-state index contributed by atoms with van der Waals surface area (Å²) in [6.07, 6.45) is 8.67. The minimum Gasteiger partial charge on any atom is -0.507 e. The van der Waals surface area contributed by atoms with E-state index >= 15 is 0 Å². The van der Waals surface area contributed by atoms with Crippen LogP contribution in [0.5, 0.6) is 11.5 Å². The number of amides is 1. The summed E-state index contributed by atoms with van der Waals surface area (Å²) in [5.74, 6) is 0.808. The fourth-order valence-electron chi connectivity index (χ4n) is 4.21. The normalized spacial score (nSPS) is 19.0. The van der Waals surface area contributed by atoms with Crippen molar-refractivity contribution in [3.63, 3.8) is 0 Å². The molecule has 0 aromatic heterocycles. The second-order valence-corrected chi connectivity index (χ2v) is 9.77. The molecule has 1 aliphatic carbocycles. The van der Waals surface area contributed by atoms with Gasteiger partial charge < -0.3 is 15.2 Å². The predicted octanol–water partition coefficient (Wildman–Crippen LogP) is 7.42. The van der Waals surface area contributed by atoms with Crippen molar-refractivity contribution in [1.82, 2.24) is 5.32 Å². The highest BCUT2D eigenvalue weighted by Gasteiger charge is 2.31. The van der Waals surface area contributed by atoms with Crippen molar-refractivity contribution in [2.75, 3.05) is 0 Å². The third kappa shape index (κ3) is 6.88. The minimum atomic E-state index is -0.485. The van der Waals surface area contributed by atoms with Gasteiger partial charge in [0, 0.05) is 17.0 Å². The van der Waals surface area contributed by atoms with Crippen molar-refractivity contribution in [2.45, 2.75) is 97.9 Å². The Bertz CT molecular complexity index is 822. The molecule has 0 aliphatic heterocycles. The molecule has 2 rings (SSSR count). The Labute approximate surface area is 188 Å². The van der Waals surface area contributed by atoms with Gasteiger partial charge in [0.15, 0.2) is 0 Å². The minimum absolute atomic E-state index is 0.0575. The molecule has 0 bridgehead atoms. The second-order valence-electron chi connectivity index (χ2n) is 9.77. The molecular weight excluding hydrogens is 386 g/mol. The number of rotatable bonds is 9. The average Bonchev–Trinajstić information content (AvgIpc) is 2.67. The first-order valence-electron chi connectivity index (χ1n) is 11.8. The highest BCUT2D eigenvalue weighted by atomic mass is 16.6. The van der Waals surface area contributed by atoms with E-state index in [9.17, 15) is 9.90 Å². The van der Waals surface area contributed by atoms with Crippen LogP contribution in [0.3, 0.4) is 0 Å². The molecule has 0 saturated carbocycles. The quantitative estimate of drug-likeness (QED) is 0.318. The molecule has 0 heterocycles. The standard InChI is InChI=1S/C27H41NO3/c1-8-10-11-12-20-16-23(29)25(22-15-19(5)13-14-21(22)18(3)4)24(17-20)31-26(30)28-27(6,7)9-2/h15-17,21-22,29H,3,8-14H2,1-2,4-7H3,(H,28,30)/t21-,22+/m0/s1. The Kier molecular flexibility index (Phi) is 8.79. The van der Waals surface area contributed by atoms with Crippen LogP contribution < -0.4 is 10.1 Å². The number of phenolic OH excluding ortho intramolecular Hbond substituents is 1. The van der Waals surface area contributed by atoms with E-state index in [1.54, 1.807) is 0 Å². The number of nitrogens with one attached hydrogen (secondary N) is 1. The number of carbonyl (C=O) groups is 1. The molecule has 1 aromatic rings. The molecule has 0 saturated heterocycles. The second kappa shape index (κ2) is 10.9. The molecule has 0 unspecified atom stereocenters. The number of phenols is 1. The van der Waals surface area contributed by atoms with Crippen LogP contribution in [-0.2, 0) is 6.42 Å². The summed E-state index contributed by atoms with van der Waals surface area (Å²) in [6, 6.07) is 3.79. The topological polar surface area (TPSA) is 58.6 Å². The van der Waals surface area contributed by atoms with E-state index in [0.29, 0.717) is 11.3 Å². The molecule has 4 heteroatoms. The molecule has 2 atom stereocenters. The molecular formula is C27H41NO3. The zero-order valence-corrected chi connectivity index (χ0v) is 20.3. The third-order valence-electron chi connectivity index (χ3n) is 6.49. The van der Waals surface area contributed by atoms with Gasteiger partial charge in [-0.2, -0.15) is 0 Å². The summed E-state index contributed by atoms with van der Waals surface area (Å²) >= 11 is 0. The summed E-state index contributed by atoms with van der Waals surface area (Å²) in [5.41, 5.74) is 3.70. The predicted molar refractivity (Wildman–Crippen MR) is 129 cm³/mol. The van der Waals surface area contributed by atoms with Gasteiger partial charge in [-0.25, -0.2) is 4.79 Å². The van der Waals surface area contributed by atoms with Gasteiger partial charge >= 0.3 is 6.09 Å². The lowest BCUT2D eigenvalue weighted by Gasteiger charge is -2.32. The van der Waals surface area contributed by atoms with Gasteiger partial charge in [-0.15, -0.1) is 0 Å². The zero-order valence-electron chi connectivity index (χ0n) is 20.3. The lowest BCUT2D eigenvalue weighted by Crippen LogP contribution is -2.44. The van der Waals surface area contributed by atoms with Gasteiger partial charge in [-0.3, -0.25) is 0 Å². The summed E-state index contributed by atoms with van der Waals surface area (Å²) in [4.78, 5) is 12.7. The number of carbonyl (C=O) groups excluding carboxylic acids is 1. The van der Waals surface area contributed by atoms with E-state index in [1.165, 1.54) is 5.57 Å². The van der Waals surface area contributed by atoms with Crippen LogP contribution in [0.15, 0.2) is 35.9 Å². The van der Waals surface area contributed by atoms with E-state index in [2.05, 4.69) is 31.8 Å². The smallest absolute Gasteiger partial charge is 0.413 e. The number of allylic oxidation sites excluding steroid dienone is 3. The largest absolute Gasteiger partial charge is 0.507 e. The molecule has 4 nitrogen and oxygen atoms in total. The number of aryl methyl sites for hydroxylation is 1.